The zero-order valence-electron chi connectivity index (χ0n) is 20.2. The number of hydrogen-bond acceptors (Lipinski definition) is 8. The van der Waals surface area contributed by atoms with E-state index in [9.17, 15) is 14.4 Å². The molecule has 0 saturated heterocycles. The minimum absolute atomic E-state index is 0.257. The van der Waals surface area contributed by atoms with Crippen LogP contribution in [0.1, 0.15) is 43.5 Å². The van der Waals surface area contributed by atoms with E-state index in [4.69, 9.17) is 11.7 Å². The average molecular weight is 500 g/mol. The largest absolute Gasteiger partial charge is 0.329 e. The normalized spacial score (nSPS) is 11.1. The fourth-order valence-corrected chi connectivity index (χ4v) is 3.26. The predicted molar refractivity (Wildman–Crippen MR) is 142 cm³/mol. The van der Waals surface area contributed by atoms with Gasteiger partial charge in [0.25, 0.3) is 5.91 Å². The molecule has 3 amide bonds. The standard InChI is InChI=1S/C16H22N2O2S.C8H11N5O/c1-4-6-9-18(12-19)16(20)15(21-3)10-14-8-7-13(5-2)11-17-14;9-12-8(13-10)6-1-3-7(4-2-6)11-5-14/h7-8,10-12H,4-6,9H2,1-3H3;1-5H,9-10H2,(H,11,14)(H,12,13)/b15-10-;. The summed E-state index contributed by atoms with van der Waals surface area (Å²) >= 11 is 1.33. The van der Waals surface area contributed by atoms with Crippen LogP contribution < -0.4 is 22.4 Å². The maximum absolute atomic E-state index is 12.3. The molecule has 10 nitrogen and oxygen atoms in total. The summed E-state index contributed by atoms with van der Waals surface area (Å²) in [5.41, 5.74) is 5.67. The minimum atomic E-state index is -0.257. The fraction of sp³-hybridized carbons (Fsp3) is 0.292. The monoisotopic (exact) mass is 499 g/mol. The maximum Gasteiger partial charge on any atom is 0.266 e. The summed E-state index contributed by atoms with van der Waals surface area (Å²) in [6.45, 7) is 4.55. The van der Waals surface area contributed by atoms with Crippen molar-refractivity contribution in [2.24, 2.45) is 16.8 Å². The van der Waals surface area contributed by atoms with Crippen LogP contribution in [0.25, 0.3) is 6.08 Å². The Morgan fingerprint density at radius 1 is 1.17 bits per heavy atom. The van der Waals surface area contributed by atoms with Crippen LogP contribution in [0.3, 0.4) is 0 Å². The summed E-state index contributed by atoms with van der Waals surface area (Å²) in [7, 11) is 0. The first-order valence-electron chi connectivity index (χ1n) is 11.0. The lowest BCUT2D eigenvalue weighted by atomic mass is 10.2. The second-order valence-electron chi connectivity index (χ2n) is 7.08. The number of unbranched alkanes of at least 4 members (excludes halogenated alkanes) is 1. The zero-order valence-corrected chi connectivity index (χ0v) is 21.0. The molecule has 35 heavy (non-hydrogen) atoms. The van der Waals surface area contributed by atoms with E-state index in [2.05, 4.69) is 27.8 Å². The van der Waals surface area contributed by atoms with Gasteiger partial charge >= 0.3 is 0 Å². The Hall–Kier alpha value is -3.70. The third kappa shape index (κ3) is 9.98. The molecule has 188 valence electrons. The van der Waals surface area contributed by atoms with E-state index in [1.54, 1.807) is 30.3 Å². The van der Waals surface area contributed by atoms with Gasteiger partial charge in [-0.2, -0.15) is 5.10 Å². The molecule has 2 rings (SSSR count). The molecule has 0 spiro atoms. The average Bonchev–Trinajstić information content (AvgIpc) is 2.90. The number of carbonyl (C=O) groups excluding carboxylic acids is 3. The lowest BCUT2D eigenvalue weighted by Gasteiger charge is -2.16. The highest BCUT2D eigenvalue weighted by Crippen LogP contribution is 2.18. The van der Waals surface area contributed by atoms with Crippen molar-refractivity contribution in [2.75, 3.05) is 18.1 Å². The molecule has 6 N–H and O–H groups in total. The van der Waals surface area contributed by atoms with Gasteiger partial charge in [0, 0.05) is 24.0 Å². The number of carbonyl (C=O) groups is 3. The van der Waals surface area contributed by atoms with Crippen LogP contribution in [0.15, 0.2) is 52.6 Å². The van der Waals surface area contributed by atoms with Crippen molar-refractivity contribution in [2.45, 2.75) is 33.1 Å². The first-order valence-corrected chi connectivity index (χ1v) is 12.2. The molecule has 0 fully saturated rings. The third-order valence-electron chi connectivity index (χ3n) is 4.76. The molecule has 11 heteroatoms. The Bertz CT molecular complexity index is 993. The van der Waals surface area contributed by atoms with Crippen molar-refractivity contribution in [1.82, 2.24) is 15.3 Å². The number of aromatic nitrogens is 1. The number of pyridine rings is 1. The molecular formula is C24H33N7O3S. The topological polar surface area (TPSA) is 156 Å². The SMILES string of the molecule is CCCCN(C=O)C(=O)/C(=C/c1ccc(CC)cn1)SC.N/N=C(\NN)c1ccc(NC=O)cc1. The third-order valence-corrected chi connectivity index (χ3v) is 5.49. The van der Waals surface area contributed by atoms with E-state index in [0.717, 1.165) is 36.1 Å². The molecule has 0 unspecified atom stereocenters. The number of amidine groups is 1. The number of nitrogens with two attached hydrogens (primary N) is 2. The number of hydrazone groups is 1. The van der Waals surface area contributed by atoms with E-state index in [0.29, 0.717) is 35.8 Å². The van der Waals surface area contributed by atoms with Gasteiger partial charge in [-0.1, -0.05) is 26.3 Å². The van der Waals surface area contributed by atoms with Crippen molar-refractivity contribution < 1.29 is 14.4 Å². The van der Waals surface area contributed by atoms with Gasteiger partial charge in [0.15, 0.2) is 5.84 Å². The number of hydrogen-bond donors (Lipinski definition) is 4. The minimum Gasteiger partial charge on any atom is -0.329 e. The molecule has 1 aromatic carbocycles. The molecule has 0 aliphatic rings. The Labute approximate surface area is 210 Å². The second kappa shape index (κ2) is 16.8. The van der Waals surface area contributed by atoms with E-state index < -0.39 is 0 Å². The molecule has 0 saturated carbocycles. The number of anilines is 1. The number of imide groups is 1. The van der Waals surface area contributed by atoms with Gasteiger partial charge in [-0.15, -0.1) is 11.8 Å². The molecule has 0 aliphatic carbocycles. The molecule has 0 radical (unpaired) electrons. The van der Waals surface area contributed by atoms with Gasteiger partial charge in [0.2, 0.25) is 12.8 Å². The van der Waals surface area contributed by atoms with Crippen LogP contribution >= 0.6 is 11.8 Å². The van der Waals surface area contributed by atoms with Crippen molar-refractivity contribution in [3.05, 3.63) is 64.3 Å². The highest BCUT2D eigenvalue weighted by molar-refractivity contribution is 8.03. The molecule has 1 heterocycles. The summed E-state index contributed by atoms with van der Waals surface area (Å²) in [6.07, 6.45) is 9.27. The van der Waals surface area contributed by atoms with Crippen LogP contribution in [0.2, 0.25) is 0 Å². The van der Waals surface area contributed by atoms with Crippen LogP contribution in [-0.4, -0.2) is 47.2 Å². The maximum atomic E-state index is 12.3. The van der Waals surface area contributed by atoms with Gasteiger partial charge in [0.05, 0.1) is 10.6 Å². The number of nitrogens with one attached hydrogen (secondary N) is 2. The highest BCUT2D eigenvalue weighted by Gasteiger charge is 2.16. The molecule has 0 atom stereocenters. The number of nitrogens with zero attached hydrogens (tertiary/aromatic N) is 3. The number of rotatable bonds is 11. The summed E-state index contributed by atoms with van der Waals surface area (Å²) in [6, 6.07) is 10.8. The number of thioether (sulfide) groups is 1. The van der Waals surface area contributed by atoms with Crippen LogP contribution in [0.5, 0.6) is 0 Å². The molecule has 0 aliphatic heterocycles. The summed E-state index contributed by atoms with van der Waals surface area (Å²) in [4.78, 5) is 39.6. The van der Waals surface area contributed by atoms with E-state index in [1.165, 1.54) is 16.7 Å². The first-order chi connectivity index (χ1) is 17.0. The Kier molecular flexibility index (Phi) is 14.1. The molecular weight excluding hydrogens is 466 g/mol. The molecule has 0 bridgehead atoms. The van der Waals surface area contributed by atoms with Crippen molar-refractivity contribution in [1.29, 1.82) is 0 Å². The second-order valence-corrected chi connectivity index (χ2v) is 7.92. The quantitative estimate of drug-likeness (QED) is 0.0917. The predicted octanol–water partition coefficient (Wildman–Crippen LogP) is 2.47. The molecule has 2 aromatic rings. The smallest absolute Gasteiger partial charge is 0.266 e. The summed E-state index contributed by atoms with van der Waals surface area (Å²) in [5.74, 6) is 10.4. The number of aryl methyl sites for hydroxylation is 1. The lowest BCUT2D eigenvalue weighted by molar-refractivity contribution is -0.134. The fourth-order valence-electron chi connectivity index (χ4n) is 2.73. The number of amides is 3. The van der Waals surface area contributed by atoms with Gasteiger partial charge in [-0.3, -0.25) is 24.3 Å². The zero-order chi connectivity index (χ0) is 26.1. The summed E-state index contributed by atoms with van der Waals surface area (Å²) < 4.78 is 0. The van der Waals surface area contributed by atoms with Crippen LogP contribution in [0, 0.1) is 0 Å². The Morgan fingerprint density at radius 3 is 2.34 bits per heavy atom. The van der Waals surface area contributed by atoms with E-state index >= 15 is 0 Å². The van der Waals surface area contributed by atoms with Gasteiger partial charge in [-0.05, 0) is 61.1 Å². The lowest BCUT2D eigenvalue weighted by Crippen LogP contribution is -2.31. The molecule has 1 aromatic heterocycles. The van der Waals surface area contributed by atoms with Crippen LogP contribution in [-0.2, 0) is 20.8 Å². The van der Waals surface area contributed by atoms with Crippen molar-refractivity contribution in [3.8, 4) is 0 Å². The Balaban J connectivity index is 0.000000379. The van der Waals surface area contributed by atoms with Crippen LogP contribution in [0.4, 0.5) is 5.69 Å². The van der Waals surface area contributed by atoms with Crippen molar-refractivity contribution >= 4 is 48.1 Å². The van der Waals surface area contributed by atoms with Gasteiger partial charge in [-0.25, -0.2) is 5.84 Å². The highest BCUT2D eigenvalue weighted by atomic mass is 32.2. The van der Waals surface area contributed by atoms with Crippen molar-refractivity contribution in [3.63, 3.8) is 0 Å². The number of benzene rings is 1. The first kappa shape index (κ1) is 29.3. The van der Waals surface area contributed by atoms with E-state index in [-0.39, 0.29) is 5.91 Å². The Morgan fingerprint density at radius 2 is 1.89 bits per heavy atom. The summed E-state index contributed by atoms with van der Waals surface area (Å²) in [5, 5.41) is 5.95. The number of hydrazine groups is 1. The van der Waals surface area contributed by atoms with Gasteiger partial charge < -0.3 is 16.6 Å². The van der Waals surface area contributed by atoms with E-state index in [1.807, 2.05) is 31.5 Å². The van der Waals surface area contributed by atoms with Gasteiger partial charge in [0.1, 0.15) is 0 Å².